The summed E-state index contributed by atoms with van der Waals surface area (Å²) in [6.07, 6.45) is 0. The lowest BCUT2D eigenvalue weighted by Crippen LogP contribution is -2.46. The van der Waals surface area contributed by atoms with E-state index in [9.17, 15) is 19.2 Å². The van der Waals surface area contributed by atoms with Crippen molar-refractivity contribution >= 4 is 35.6 Å². The van der Waals surface area contributed by atoms with Crippen LogP contribution in [0.5, 0.6) is 17.2 Å². The number of carbonyl (C=O) groups is 4. The van der Waals surface area contributed by atoms with Gasteiger partial charge in [-0.3, -0.25) is 29.2 Å². The van der Waals surface area contributed by atoms with E-state index in [1.807, 2.05) is 0 Å². The van der Waals surface area contributed by atoms with Crippen molar-refractivity contribution in [3.05, 3.63) is 11.1 Å². The van der Waals surface area contributed by atoms with Gasteiger partial charge < -0.3 is 14.2 Å². The largest absolute Gasteiger partial charge is 0.422 e. The number of hydrogen-bond acceptors (Lipinski definition) is 7. The maximum atomic E-state index is 12.7. The third-order valence-corrected chi connectivity index (χ3v) is 3.89. The van der Waals surface area contributed by atoms with Gasteiger partial charge in [0, 0.05) is 31.9 Å². The molecule has 2 amide bonds. The van der Waals surface area contributed by atoms with Gasteiger partial charge in [0.1, 0.15) is 0 Å². The summed E-state index contributed by atoms with van der Waals surface area (Å²) in [5, 5.41) is 5.38. The predicted molar refractivity (Wildman–Crippen MR) is 113 cm³/mol. The zero-order chi connectivity index (χ0) is 24.0. The number of nitrogens with one attached hydrogen (secondary N) is 2. The molecule has 0 radical (unpaired) electrons. The average Bonchev–Trinajstić information content (AvgIpc) is 2.62. The van der Waals surface area contributed by atoms with Gasteiger partial charge in [-0.2, -0.15) is 5.32 Å². The summed E-state index contributed by atoms with van der Waals surface area (Å²) in [6, 6.07) is -0.591. The first-order valence-corrected chi connectivity index (χ1v) is 9.28. The summed E-state index contributed by atoms with van der Waals surface area (Å²) in [5.41, 5.74) is 0.815. The van der Waals surface area contributed by atoms with Gasteiger partial charge >= 0.3 is 29.9 Å². The summed E-state index contributed by atoms with van der Waals surface area (Å²) in [5.74, 6) is -2.12. The fourth-order valence-electron chi connectivity index (χ4n) is 2.78. The van der Waals surface area contributed by atoms with E-state index < -0.39 is 23.9 Å². The van der Waals surface area contributed by atoms with Crippen LogP contribution < -0.4 is 24.8 Å². The highest BCUT2D eigenvalue weighted by Crippen LogP contribution is 2.47. The molecule has 0 heterocycles. The molecule has 31 heavy (non-hydrogen) atoms. The zero-order valence-corrected chi connectivity index (χ0v) is 19.3. The van der Waals surface area contributed by atoms with Crippen LogP contribution >= 0.6 is 0 Å². The molecule has 0 aliphatic carbocycles. The third-order valence-electron chi connectivity index (χ3n) is 3.89. The van der Waals surface area contributed by atoms with Gasteiger partial charge in [0.2, 0.25) is 5.75 Å². The molecular formula is C20H29N4O7+. The second kappa shape index (κ2) is 10.4. The first kappa shape index (κ1) is 25.4. The van der Waals surface area contributed by atoms with Gasteiger partial charge in [0.15, 0.2) is 11.5 Å². The number of urea groups is 1. The number of hydrogen-bond donors (Lipinski definition) is 2. The van der Waals surface area contributed by atoms with E-state index in [2.05, 4.69) is 10.6 Å². The van der Waals surface area contributed by atoms with Crippen LogP contribution in [0.4, 0.5) is 10.5 Å². The van der Waals surface area contributed by atoms with Crippen molar-refractivity contribution in [3.8, 4) is 17.2 Å². The molecule has 170 valence electrons. The molecule has 0 aliphatic rings. The molecule has 0 saturated heterocycles. The highest BCUT2D eigenvalue weighted by atomic mass is 16.6. The maximum Gasteiger partial charge on any atom is 0.384 e. The number of carbonyl (C=O) groups excluding carboxylic acids is 4. The highest BCUT2D eigenvalue weighted by molar-refractivity contribution is 6.02. The maximum absolute atomic E-state index is 12.7. The monoisotopic (exact) mass is 437 g/mol. The van der Waals surface area contributed by atoms with Crippen molar-refractivity contribution in [2.75, 3.05) is 33.5 Å². The fourth-order valence-corrected chi connectivity index (χ4v) is 2.78. The molecule has 0 aliphatic heterocycles. The number of amides is 2. The number of benzene rings is 1. The molecule has 0 aromatic heterocycles. The van der Waals surface area contributed by atoms with Gasteiger partial charge in [0.25, 0.3) is 0 Å². The number of guanidine groups is 1. The van der Waals surface area contributed by atoms with E-state index in [-0.39, 0.29) is 22.9 Å². The number of ether oxygens (including phenoxy) is 3. The Hall–Kier alpha value is -3.63. The SMILES string of the molecule is CC(=O)Oc1c(C)c(NC(=O)NC(N(C)C)=[N+](C)C)c(C)c(OC(C)=O)c1OC(C)=O. The lowest BCUT2D eigenvalue weighted by molar-refractivity contribution is -0.471. The van der Waals surface area contributed by atoms with Crippen LogP contribution in [0.2, 0.25) is 0 Å². The Bertz CT molecular complexity index is 904. The van der Waals surface area contributed by atoms with E-state index in [0.717, 1.165) is 20.8 Å². The molecular weight excluding hydrogens is 408 g/mol. The molecule has 0 atom stereocenters. The summed E-state index contributed by atoms with van der Waals surface area (Å²) >= 11 is 0. The topological polar surface area (TPSA) is 126 Å². The lowest BCUT2D eigenvalue weighted by atomic mass is 10.0. The van der Waals surface area contributed by atoms with Crippen molar-refractivity contribution in [2.45, 2.75) is 34.6 Å². The minimum Gasteiger partial charge on any atom is -0.422 e. The summed E-state index contributed by atoms with van der Waals surface area (Å²) in [4.78, 5) is 49.3. The molecule has 0 fully saturated rings. The minimum absolute atomic E-state index is 0.149. The Kier molecular flexibility index (Phi) is 8.54. The second-order valence-corrected chi connectivity index (χ2v) is 7.08. The van der Waals surface area contributed by atoms with Crippen molar-refractivity contribution in [2.24, 2.45) is 0 Å². The van der Waals surface area contributed by atoms with Gasteiger partial charge in [-0.1, -0.05) is 0 Å². The Morgan fingerprint density at radius 3 is 1.48 bits per heavy atom. The van der Waals surface area contributed by atoms with Crippen molar-refractivity contribution in [3.63, 3.8) is 0 Å². The molecule has 1 rings (SSSR count). The van der Waals surface area contributed by atoms with Crippen LogP contribution in [0.1, 0.15) is 31.9 Å². The molecule has 0 saturated carbocycles. The quantitative estimate of drug-likeness (QED) is 0.238. The second-order valence-electron chi connectivity index (χ2n) is 7.08. The number of nitrogens with zero attached hydrogens (tertiary/aromatic N) is 2. The lowest BCUT2D eigenvalue weighted by Gasteiger charge is -2.21. The van der Waals surface area contributed by atoms with Crippen molar-refractivity contribution in [1.82, 2.24) is 10.2 Å². The Balaban J connectivity index is 3.64. The van der Waals surface area contributed by atoms with Gasteiger partial charge in [-0.25, -0.2) is 4.79 Å². The van der Waals surface area contributed by atoms with E-state index in [0.29, 0.717) is 17.1 Å². The zero-order valence-electron chi connectivity index (χ0n) is 19.3. The Morgan fingerprint density at radius 1 is 0.774 bits per heavy atom. The van der Waals surface area contributed by atoms with E-state index in [1.165, 1.54) is 0 Å². The van der Waals surface area contributed by atoms with Crippen LogP contribution in [0, 0.1) is 13.8 Å². The number of anilines is 1. The van der Waals surface area contributed by atoms with Crippen LogP contribution in [-0.2, 0) is 14.4 Å². The van der Waals surface area contributed by atoms with E-state index >= 15 is 0 Å². The normalized spacial score (nSPS) is 9.97. The van der Waals surface area contributed by atoms with Crippen LogP contribution in [0.3, 0.4) is 0 Å². The van der Waals surface area contributed by atoms with Crippen molar-refractivity contribution in [1.29, 1.82) is 0 Å². The number of esters is 3. The van der Waals surface area contributed by atoms with Crippen molar-refractivity contribution < 1.29 is 38.0 Å². The molecule has 2 N–H and O–H groups in total. The fraction of sp³-hybridized carbons (Fsp3) is 0.450. The first-order chi connectivity index (χ1) is 14.3. The smallest absolute Gasteiger partial charge is 0.384 e. The highest BCUT2D eigenvalue weighted by Gasteiger charge is 2.28. The summed E-state index contributed by atoms with van der Waals surface area (Å²) < 4.78 is 17.4. The molecule has 0 spiro atoms. The molecule has 1 aromatic carbocycles. The predicted octanol–water partition coefficient (Wildman–Crippen LogP) is 1.39. The van der Waals surface area contributed by atoms with E-state index in [4.69, 9.17) is 14.2 Å². The molecule has 11 nitrogen and oxygen atoms in total. The number of rotatable bonds is 4. The summed E-state index contributed by atoms with van der Waals surface area (Å²) in [6.45, 7) is 6.61. The van der Waals surface area contributed by atoms with Crippen LogP contribution in [-0.4, -0.2) is 67.6 Å². The first-order valence-electron chi connectivity index (χ1n) is 9.28. The van der Waals surface area contributed by atoms with Gasteiger partial charge in [-0.05, 0) is 13.8 Å². The molecule has 11 heteroatoms. The Labute approximate surface area is 180 Å². The standard InChI is InChI=1S/C20H28N4O7/c1-10-15(21-19(28)22-20(23(6)7)24(8)9)11(2)17(30-13(4)26)18(31-14(5)27)16(10)29-12(3)25/h1-9H3,(H,21,28)/p+1. The van der Waals surface area contributed by atoms with Crippen LogP contribution in [0.25, 0.3) is 0 Å². The van der Waals surface area contributed by atoms with Gasteiger partial charge in [-0.15, -0.1) is 0 Å². The average molecular weight is 437 g/mol. The van der Waals surface area contributed by atoms with Gasteiger partial charge in [0.05, 0.1) is 33.9 Å². The minimum atomic E-state index is -0.713. The molecule has 0 unspecified atom stereocenters. The molecule has 1 aromatic rings. The van der Waals surface area contributed by atoms with Crippen LogP contribution in [0.15, 0.2) is 0 Å². The third kappa shape index (κ3) is 6.69. The van der Waals surface area contributed by atoms with E-state index in [1.54, 1.807) is 51.5 Å². The molecule has 0 bridgehead atoms. The summed E-state index contributed by atoms with van der Waals surface area (Å²) in [7, 11) is 7.05. The Morgan fingerprint density at radius 2 is 1.16 bits per heavy atom.